The summed E-state index contributed by atoms with van der Waals surface area (Å²) in [5, 5.41) is 7.59. The molecule has 3 aromatic rings. The van der Waals surface area contributed by atoms with Gasteiger partial charge in [-0.2, -0.15) is 4.98 Å². The van der Waals surface area contributed by atoms with Gasteiger partial charge in [-0.15, -0.1) is 0 Å². The van der Waals surface area contributed by atoms with Crippen molar-refractivity contribution in [2.75, 3.05) is 49.5 Å². The topological polar surface area (TPSA) is 96.6 Å². The molecule has 0 saturated carbocycles. The van der Waals surface area contributed by atoms with Crippen LogP contribution in [0.3, 0.4) is 0 Å². The zero-order valence-corrected chi connectivity index (χ0v) is 18.9. The van der Waals surface area contributed by atoms with Crippen LogP contribution in [0.4, 0.5) is 11.5 Å². The Labute approximate surface area is 187 Å². The highest BCUT2D eigenvalue weighted by molar-refractivity contribution is 6.04. The molecule has 9 heteroatoms. The average Bonchev–Trinajstić information content (AvgIpc) is 3.22. The molecule has 170 valence electrons. The molecule has 1 aliphatic heterocycles. The Morgan fingerprint density at radius 2 is 2.19 bits per heavy atom. The molecule has 1 N–H and O–H groups in total. The first-order chi connectivity index (χ1) is 15.6. The van der Waals surface area contributed by atoms with Gasteiger partial charge in [-0.25, -0.2) is 9.78 Å². The van der Waals surface area contributed by atoms with E-state index in [0.717, 1.165) is 32.6 Å². The van der Waals surface area contributed by atoms with E-state index < -0.39 is 5.97 Å². The second kappa shape index (κ2) is 9.95. The second-order valence-corrected chi connectivity index (χ2v) is 8.12. The minimum atomic E-state index is -0.537. The number of carbonyl (C=O) groups excluding carboxylic acids is 1. The quantitative estimate of drug-likeness (QED) is 0.420. The highest BCUT2D eigenvalue weighted by Crippen LogP contribution is 2.24. The van der Waals surface area contributed by atoms with Gasteiger partial charge in [-0.05, 0) is 51.4 Å². The van der Waals surface area contributed by atoms with E-state index in [0.29, 0.717) is 23.8 Å². The van der Waals surface area contributed by atoms with Crippen LogP contribution < -0.4 is 10.2 Å². The number of rotatable bonds is 8. The zero-order chi connectivity index (χ0) is 22.5. The molecule has 1 aromatic carbocycles. The van der Waals surface area contributed by atoms with E-state index in [9.17, 15) is 4.79 Å². The van der Waals surface area contributed by atoms with Crippen molar-refractivity contribution in [3.8, 4) is 0 Å². The normalized spacial score (nSPS) is 17.0. The fourth-order valence-electron chi connectivity index (χ4n) is 4.20. The Bertz CT molecular complexity index is 1070. The lowest BCUT2D eigenvalue weighted by molar-refractivity contribution is 0.0517. The number of aromatic nitrogens is 3. The van der Waals surface area contributed by atoms with Crippen molar-refractivity contribution in [3.63, 3.8) is 0 Å². The van der Waals surface area contributed by atoms with Crippen LogP contribution in [-0.2, 0) is 4.74 Å². The van der Waals surface area contributed by atoms with E-state index >= 15 is 0 Å². The van der Waals surface area contributed by atoms with Crippen LogP contribution in [0.1, 0.15) is 36.3 Å². The van der Waals surface area contributed by atoms with Gasteiger partial charge < -0.3 is 19.5 Å². The summed E-state index contributed by atoms with van der Waals surface area (Å²) >= 11 is 0. The number of nitrogens with zero attached hydrogens (tertiary/aromatic N) is 5. The van der Waals surface area contributed by atoms with Crippen molar-refractivity contribution in [1.29, 1.82) is 0 Å². The third-order valence-corrected chi connectivity index (χ3v) is 5.73. The van der Waals surface area contributed by atoms with Crippen LogP contribution in [0.25, 0.3) is 11.1 Å². The van der Waals surface area contributed by atoms with E-state index in [4.69, 9.17) is 9.26 Å². The van der Waals surface area contributed by atoms with Gasteiger partial charge in [0.25, 0.3) is 5.71 Å². The molecule has 1 atom stereocenters. The lowest BCUT2D eigenvalue weighted by Gasteiger charge is -2.41. The lowest BCUT2D eigenvalue weighted by Crippen LogP contribution is -2.52. The van der Waals surface area contributed by atoms with E-state index in [2.05, 4.69) is 68.4 Å². The molecule has 0 amide bonds. The molecule has 1 fully saturated rings. The van der Waals surface area contributed by atoms with Gasteiger partial charge >= 0.3 is 5.97 Å². The van der Waals surface area contributed by atoms with E-state index in [-0.39, 0.29) is 18.0 Å². The number of fused-ring (bicyclic) bond motifs is 1. The van der Waals surface area contributed by atoms with Gasteiger partial charge in [0.1, 0.15) is 17.5 Å². The summed E-state index contributed by atoms with van der Waals surface area (Å²) in [6.45, 7) is 11.2. The maximum Gasteiger partial charge on any atom is 0.361 e. The van der Waals surface area contributed by atoms with Crippen molar-refractivity contribution in [3.05, 3.63) is 41.9 Å². The molecular weight excluding hydrogens is 408 g/mol. The Morgan fingerprint density at radius 3 is 2.97 bits per heavy atom. The first-order valence-corrected chi connectivity index (χ1v) is 11.1. The van der Waals surface area contributed by atoms with Gasteiger partial charge in [-0.1, -0.05) is 17.3 Å². The summed E-state index contributed by atoms with van der Waals surface area (Å²) in [7, 11) is 0. The molecule has 0 bridgehead atoms. The molecule has 0 unspecified atom stereocenters. The predicted molar refractivity (Wildman–Crippen MR) is 123 cm³/mol. The fraction of sp³-hybridized carbons (Fsp3) is 0.478. The number of esters is 1. The van der Waals surface area contributed by atoms with Gasteiger partial charge in [0.2, 0.25) is 5.69 Å². The van der Waals surface area contributed by atoms with Gasteiger partial charge in [0, 0.05) is 37.9 Å². The van der Waals surface area contributed by atoms with Crippen LogP contribution in [0, 0.1) is 6.92 Å². The molecule has 0 radical (unpaired) electrons. The summed E-state index contributed by atoms with van der Waals surface area (Å²) in [6, 6.07) is 9.18. The average molecular weight is 439 g/mol. The second-order valence-electron chi connectivity index (χ2n) is 8.12. The standard InChI is InChI=1S/C23H30N6O3/c1-4-31-23(30)20-19-21(25-15-26-22(19)32-27-20)24-9-6-10-28-11-12-29(17(3)14-28)18-8-5-7-16(2)13-18/h5,7-8,13,15,17H,4,6,9-12,14H2,1-3H3,(H,24,25,26)/t17-/m0/s1. The molecular formula is C23H30N6O3. The Hall–Kier alpha value is -3.20. The van der Waals surface area contributed by atoms with Crippen molar-refractivity contribution in [2.45, 2.75) is 33.2 Å². The molecule has 1 aliphatic rings. The SMILES string of the molecule is CCOC(=O)c1noc2ncnc(NCCCN3CCN(c4cccc(C)c4)[C@@H](C)C3)c12. The van der Waals surface area contributed by atoms with Crippen molar-refractivity contribution < 1.29 is 14.1 Å². The number of hydrogen-bond donors (Lipinski definition) is 1. The molecule has 4 rings (SSSR count). The molecule has 3 heterocycles. The highest BCUT2D eigenvalue weighted by Gasteiger charge is 2.24. The Balaban J connectivity index is 1.30. The molecule has 1 saturated heterocycles. The maximum absolute atomic E-state index is 12.1. The van der Waals surface area contributed by atoms with Crippen LogP contribution in [0.2, 0.25) is 0 Å². The number of hydrogen-bond acceptors (Lipinski definition) is 9. The summed E-state index contributed by atoms with van der Waals surface area (Å²) in [6.07, 6.45) is 2.35. The zero-order valence-electron chi connectivity index (χ0n) is 18.9. The Kier molecular flexibility index (Phi) is 6.84. The van der Waals surface area contributed by atoms with E-state index in [1.807, 2.05) is 0 Å². The first kappa shape index (κ1) is 22.0. The van der Waals surface area contributed by atoms with Crippen molar-refractivity contribution >= 4 is 28.6 Å². The molecule has 0 spiro atoms. The number of piperazine rings is 1. The molecule has 32 heavy (non-hydrogen) atoms. The lowest BCUT2D eigenvalue weighted by atomic mass is 10.1. The minimum Gasteiger partial charge on any atom is -0.461 e. The number of anilines is 2. The molecule has 2 aromatic heterocycles. The van der Waals surface area contributed by atoms with E-state index in [1.54, 1.807) is 6.92 Å². The third-order valence-electron chi connectivity index (χ3n) is 5.73. The fourth-order valence-corrected chi connectivity index (χ4v) is 4.20. The number of nitrogens with one attached hydrogen (secondary N) is 1. The monoisotopic (exact) mass is 438 g/mol. The Morgan fingerprint density at radius 1 is 1.31 bits per heavy atom. The number of aryl methyl sites for hydroxylation is 1. The minimum absolute atomic E-state index is 0.103. The summed E-state index contributed by atoms with van der Waals surface area (Å²) in [5.41, 5.74) is 2.97. The summed E-state index contributed by atoms with van der Waals surface area (Å²) < 4.78 is 10.2. The van der Waals surface area contributed by atoms with Crippen LogP contribution in [0.15, 0.2) is 35.1 Å². The predicted octanol–water partition coefficient (Wildman–Crippen LogP) is 3.12. The van der Waals surface area contributed by atoms with Gasteiger partial charge in [-0.3, -0.25) is 4.90 Å². The number of ether oxygens (including phenoxy) is 1. The third kappa shape index (κ3) is 4.83. The molecule has 0 aliphatic carbocycles. The largest absolute Gasteiger partial charge is 0.461 e. The summed E-state index contributed by atoms with van der Waals surface area (Å²) in [4.78, 5) is 25.5. The number of carbonyl (C=O) groups is 1. The maximum atomic E-state index is 12.1. The van der Waals surface area contributed by atoms with Crippen molar-refractivity contribution in [2.24, 2.45) is 0 Å². The summed E-state index contributed by atoms with van der Waals surface area (Å²) in [5.74, 6) is 0.00139. The smallest absolute Gasteiger partial charge is 0.361 e. The first-order valence-electron chi connectivity index (χ1n) is 11.1. The van der Waals surface area contributed by atoms with Gasteiger partial charge in [0.05, 0.1) is 6.61 Å². The van der Waals surface area contributed by atoms with Crippen LogP contribution >= 0.6 is 0 Å². The molecule has 9 nitrogen and oxygen atoms in total. The van der Waals surface area contributed by atoms with Crippen molar-refractivity contribution in [1.82, 2.24) is 20.0 Å². The van der Waals surface area contributed by atoms with Crippen LogP contribution in [0.5, 0.6) is 0 Å². The van der Waals surface area contributed by atoms with E-state index in [1.165, 1.54) is 17.6 Å². The van der Waals surface area contributed by atoms with Gasteiger partial charge in [0.15, 0.2) is 0 Å². The number of benzene rings is 1. The highest BCUT2D eigenvalue weighted by atomic mass is 16.5. The van der Waals surface area contributed by atoms with Crippen LogP contribution in [-0.4, -0.2) is 71.4 Å².